The third kappa shape index (κ3) is 5.55. The standard InChI is InChI=1S/C12H15F3NO4PS/c1-8(2)7-19-21(3,22)20-9-4-5-11(16(17)18)10(6-9)12(13,14)15/h4-6,8H,7H2,1-3H3. The molecule has 0 aliphatic carbocycles. The summed E-state index contributed by atoms with van der Waals surface area (Å²) < 4.78 is 49.3. The Kier molecular flexibility index (Phi) is 5.95. The van der Waals surface area contributed by atoms with Crippen LogP contribution >= 0.6 is 6.49 Å². The first-order valence-corrected chi connectivity index (χ1v) is 9.28. The summed E-state index contributed by atoms with van der Waals surface area (Å²) in [7, 11) is 0. The predicted octanol–water partition coefficient (Wildman–Crippen LogP) is 4.60. The van der Waals surface area contributed by atoms with E-state index in [9.17, 15) is 23.3 Å². The number of benzene rings is 1. The van der Waals surface area contributed by atoms with Crippen LogP contribution in [0, 0.1) is 16.0 Å². The maximum absolute atomic E-state index is 12.9. The third-order valence-corrected chi connectivity index (χ3v) is 4.08. The molecule has 5 nitrogen and oxygen atoms in total. The third-order valence-electron chi connectivity index (χ3n) is 2.38. The van der Waals surface area contributed by atoms with Gasteiger partial charge in [0.05, 0.1) is 11.5 Å². The Morgan fingerprint density at radius 2 is 2.00 bits per heavy atom. The Balaban J connectivity index is 3.07. The number of nitrogens with zero attached hydrogens (tertiary/aromatic N) is 1. The van der Waals surface area contributed by atoms with Crippen LogP contribution in [-0.2, 0) is 22.5 Å². The summed E-state index contributed by atoms with van der Waals surface area (Å²) in [5, 5.41) is 10.7. The fourth-order valence-electron chi connectivity index (χ4n) is 1.46. The Morgan fingerprint density at radius 3 is 2.45 bits per heavy atom. The van der Waals surface area contributed by atoms with Crippen molar-refractivity contribution in [2.24, 2.45) is 5.92 Å². The smallest absolute Gasteiger partial charge is 0.423 e. The molecule has 0 amide bonds. The second-order valence-electron chi connectivity index (χ2n) is 4.99. The molecule has 0 radical (unpaired) electrons. The fraction of sp³-hybridized carbons (Fsp3) is 0.500. The van der Waals surface area contributed by atoms with Crippen LogP contribution in [-0.4, -0.2) is 18.2 Å². The van der Waals surface area contributed by atoms with E-state index in [4.69, 9.17) is 20.9 Å². The zero-order chi connectivity index (χ0) is 17.1. The van der Waals surface area contributed by atoms with E-state index >= 15 is 0 Å². The Labute approximate surface area is 130 Å². The van der Waals surface area contributed by atoms with Gasteiger partial charge in [0.1, 0.15) is 11.3 Å². The van der Waals surface area contributed by atoms with Gasteiger partial charge in [0.25, 0.3) is 5.69 Å². The zero-order valence-corrected chi connectivity index (χ0v) is 13.8. The molecule has 1 aromatic carbocycles. The zero-order valence-electron chi connectivity index (χ0n) is 12.1. The first-order valence-electron chi connectivity index (χ1n) is 6.19. The molecule has 0 spiro atoms. The maximum atomic E-state index is 12.9. The lowest BCUT2D eigenvalue weighted by Gasteiger charge is -2.20. The van der Waals surface area contributed by atoms with Gasteiger partial charge in [-0.05, 0) is 29.9 Å². The number of alkyl halides is 3. The van der Waals surface area contributed by atoms with Crippen molar-refractivity contribution in [1.82, 2.24) is 0 Å². The van der Waals surface area contributed by atoms with E-state index in [0.717, 1.165) is 12.1 Å². The molecule has 1 atom stereocenters. The van der Waals surface area contributed by atoms with Crippen molar-refractivity contribution in [1.29, 1.82) is 0 Å². The summed E-state index contributed by atoms with van der Waals surface area (Å²) >= 11 is 5.12. The van der Waals surface area contributed by atoms with Crippen LogP contribution in [0.3, 0.4) is 0 Å². The normalized spacial score (nSPS) is 14.7. The number of nitro groups is 1. The quantitative estimate of drug-likeness (QED) is 0.423. The Hall–Kier alpha value is -1.18. The molecule has 0 fully saturated rings. The van der Waals surface area contributed by atoms with Crippen molar-refractivity contribution in [3.63, 3.8) is 0 Å². The van der Waals surface area contributed by atoms with Gasteiger partial charge >= 0.3 is 6.18 Å². The molecule has 1 aromatic rings. The molecule has 22 heavy (non-hydrogen) atoms. The second-order valence-corrected chi connectivity index (χ2v) is 8.96. The molecular weight excluding hydrogens is 342 g/mol. The van der Waals surface area contributed by atoms with Crippen LogP contribution in [0.5, 0.6) is 5.75 Å². The maximum Gasteiger partial charge on any atom is 0.423 e. The van der Waals surface area contributed by atoms with E-state index in [1.54, 1.807) is 0 Å². The van der Waals surface area contributed by atoms with Crippen LogP contribution < -0.4 is 4.52 Å². The van der Waals surface area contributed by atoms with Crippen molar-refractivity contribution < 1.29 is 27.1 Å². The van der Waals surface area contributed by atoms with E-state index < -0.39 is 28.8 Å². The lowest BCUT2D eigenvalue weighted by Crippen LogP contribution is -2.09. The molecule has 0 heterocycles. The monoisotopic (exact) mass is 357 g/mol. The van der Waals surface area contributed by atoms with Crippen LogP contribution in [0.2, 0.25) is 0 Å². The molecular formula is C12H15F3NO4PS. The molecule has 1 rings (SSSR count). The highest BCUT2D eigenvalue weighted by molar-refractivity contribution is 8.09. The van der Waals surface area contributed by atoms with E-state index in [2.05, 4.69) is 0 Å². The molecule has 0 saturated carbocycles. The van der Waals surface area contributed by atoms with Crippen LogP contribution in [0.1, 0.15) is 19.4 Å². The number of hydrogen-bond donors (Lipinski definition) is 0. The van der Waals surface area contributed by atoms with Gasteiger partial charge in [-0.3, -0.25) is 10.1 Å². The van der Waals surface area contributed by atoms with Crippen molar-refractivity contribution in [3.05, 3.63) is 33.9 Å². The Bertz CT molecular complexity index is 607. The highest BCUT2D eigenvalue weighted by atomic mass is 32.5. The number of rotatable bonds is 6. The summed E-state index contributed by atoms with van der Waals surface area (Å²) in [6.07, 6.45) is -4.86. The average molecular weight is 357 g/mol. The highest BCUT2D eigenvalue weighted by Gasteiger charge is 2.38. The first-order chi connectivity index (χ1) is 9.92. The fourth-order valence-corrected chi connectivity index (χ4v) is 3.02. The van der Waals surface area contributed by atoms with Crippen LogP contribution in [0.4, 0.5) is 18.9 Å². The molecule has 0 aromatic heterocycles. The van der Waals surface area contributed by atoms with E-state index in [1.807, 2.05) is 13.8 Å². The molecule has 0 aliphatic rings. The number of hydrogen-bond acceptors (Lipinski definition) is 5. The topological polar surface area (TPSA) is 61.6 Å². The SMILES string of the molecule is CC(C)COP(C)(=S)Oc1ccc([N+](=O)[O-])c(C(F)(F)F)c1. The van der Waals surface area contributed by atoms with E-state index in [1.165, 1.54) is 6.66 Å². The van der Waals surface area contributed by atoms with Gasteiger partial charge in [-0.2, -0.15) is 13.2 Å². The van der Waals surface area contributed by atoms with E-state index in [-0.39, 0.29) is 11.7 Å². The highest BCUT2D eigenvalue weighted by Crippen LogP contribution is 2.47. The predicted molar refractivity (Wildman–Crippen MR) is 79.7 cm³/mol. The minimum Gasteiger partial charge on any atom is -0.444 e. The van der Waals surface area contributed by atoms with E-state index in [0.29, 0.717) is 12.7 Å². The van der Waals surface area contributed by atoms with Gasteiger partial charge in [0.2, 0.25) is 6.49 Å². The van der Waals surface area contributed by atoms with Gasteiger partial charge in [-0.15, -0.1) is 0 Å². The molecule has 0 bridgehead atoms. The van der Waals surface area contributed by atoms with Crippen molar-refractivity contribution >= 4 is 24.0 Å². The minimum absolute atomic E-state index is 0.188. The van der Waals surface area contributed by atoms with Crippen molar-refractivity contribution in [2.75, 3.05) is 13.3 Å². The summed E-state index contributed by atoms with van der Waals surface area (Å²) in [6, 6.07) is 2.40. The van der Waals surface area contributed by atoms with Gasteiger partial charge in [0, 0.05) is 12.7 Å². The molecule has 10 heteroatoms. The summed E-state index contributed by atoms with van der Waals surface area (Å²) in [4.78, 5) is 9.58. The van der Waals surface area contributed by atoms with Gasteiger partial charge in [0.15, 0.2) is 0 Å². The largest absolute Gasteiger partial charge is 0.444 e. The van der Waals surface area contributed by atoms with Gasteiger partial charge in [-0.1, -0.05) is 13.8 Å². The summed E-state index contributed by atoms with van der Waals surface area (Å²) in [6.45, 7) is 2.80. The van der Waals surface area contributed by atoms with Crippen LogP contribution in [0.15, 0.2) is 18.2 Å². The molecule has 124 valence electrons. The molecule has 0 aliphatic heterocycles. The average Bonchev–Trinajstić information content (AvgIpc) is 2.34. The molecule has 1 unspecified atom stereocenters. The van der Waals surface area contributed by atoms with Gasteiger partial charge < -0.3 is 9.05 Å². The van der Waals surface area contributed by atoms with Crippen molar-refractivity contribution in [2.45, 2.75) is 20.0 Å². The lowest BCUT2D eigenvalue weighted by molar-refractivity contribution is -0.388. The molecule has 0 saturated heterocycles. The second kappa shape index (κ2) is 6.93. The van der Waals surface area contributed by atoms with Gasteiger partial charge in [-0.25, -0.2) is 0 Å². The molecule has 0 N–H and O–H groups in total. The number of halogens is 3. The first kappa shape index (κ1) is 18.9. The summed E-state index contributed by atoms with van der Waals surface area (Å²) in [5.41, 5.74) is -2.42. The lowest BCUT2D eigenvalue weighted by atomic mass is 10.1. The Morgan fingerprint density at radius 1 is 1.41 bits per heavy atom. The summed E-state index contributed by atoms with van der Waals surface area (Å²) in [5.74, 6) is -0.0130. The minimum atomic E-state index is -4.86. The number of nitro benzene ring substituents is 1. The van der Waals surface area contributed by atoms with Crippen LogP contribution in [0.25, 0.3) is 0 Å². The van der Waals surface area contributed by atoms with Crippen molar-refractivity contribution in [3.8, 4) is 5.75 Å².